The first-order valence-electron chi connectivity index (χ1n) is 6.28. The molecule has 0 heterocycles. The number of rotatable bonds is 4. The molecular weight excluding hydrogens is 188 g/mol. The van der Waals surface area contributed by atoms with E-state index in [1.165, 1.54) is 19.3 Å². The lowest BCUT2D eigenvalue weighted by atomic mass is 9.70. The highest BCUT2D eigenvalue weighted by atomic mass is 16.7. The third-order valence-electron chi connectivity index (χ3n) is 3.68. The maximum Gasteiger partial charge on any atom is 0.177 e. The van der Waals surface area contributed by atoms with Crippen molar-refractivity contribution in [2.45, 2.75) is 45.3 Å². The standard InChI is InChI=1S/C13H22O2/c1-3-14-13(15-4-2)11-7-5-8-12(13)10-6-9-11/h5,7,11-12H,3-4,6,8-10H2,1-2H3. The van der Waals surface area contributed by atoms with Gasteiger partial charge in [-0.15, -0.1) is 0 Å². The fraction of sp³-hybridized carbons (Fsp3) is 0.846. The van der Waals surface area contributed by atoms with Crippen molar-refractivity contribution in [1.82, 2.24) is 0 Å². The molecule has 0 aromatic carbocycles. The van der Waals surface area contributed by atoms with Gasteiger partial charge in [-0.25, -0.2) is 0 Å². The monoisotopic (exact) mass is 210 g/mol. The molecule has 0 radical (unpaired) electrons. The quantitative estimate of drug-likeness (QED) is 0.524. The van der Waals surface area contributed by atoms with Crippen LogP contribution in [0.15, 0.2) is 12.2 Å². The fourth-order valence-corrected chi connectivity index (χ4v) is 3.15. The Hall–Kier alpha value is -0.340. The van der Waals surface area contributed by atoms with Crippen molar-refractivity contribution in [2.24, 2.45) is 11.8 Å². The maximum atomic E-state index is 6.00. The second-order valence-electron chi connectivity index (χ2n) is 4.49. The van der Waals surface area contributed by atoms with Gasteiger partial charge in [0.25, 0.3) is 0 Å². The van der Waals surface area contributed by atoms with Crippen molar-refractivity contribution in [3.05, 3.63) is 12.2 Å². The highest BCUT2D eigenvalue weighted by Gasteiger charge is 2.49. The molecule has 0 spiro atoms. The third-order valence-corrected chi connectivity index (χ3v) is 3.68. The van der Waals surface area contributed by atoms with Gasteiger partial charge < -0.3 is 9.47 Å². The molecule has 0 saturated heterocycles. The van der Waals surface area contributed by atoms with E-state index in [2.05, 4.69) is 26.0 Å². The number of fused-ring (bicyclic) bond motifs is 2. The van der Waals surface area contributed by atoms with Crippen LogP contribution in [0.1, 0.15) is 39.5 Å². The Morgan fingerprint density at radius 1 is 1.20 bits per heavy atom. The van der Waals surface area contributed by atoms with Gasteiger partial charge in [0.15, 0.2) is 5.79 Å². The number of ether oxygens (including phenoxy) is 2. The summed E-state index contributed by atoms with van der Waals surface area (Å²) >= 11 is 0. The minimum atomic E-state index is -0.295. The Kier molecular flexibility index (Phi) is 3.47. The number of hydrogen-bond acceptors (Lipinski definition) is 2. The maximum absolute atomic E-state index is 6.00. The second kappa shape index (κ2) is 4.67. The SMILES string of the molecule is CCOC1(OCC)C2C=CCC1CCC2. The Labute approximate surface area is 92.6 Å². The average Bonchev–Trinajstić information content (AvgIpc) is 2.17. The first-order chi connectivity index (χ1) is 7.33. The average molecular weight is 210 g/mol. The van der Waals surface area contributed by atoms with Gasteiger partial charge in [0.1, 0.15) is 0 Å². The first kappa shape index (κ1) is 11.2. The lowest BCUT2D eigenvalue weighted by molar-refractivity contribution is -0.297. The molecule has 0 amide bonds. The van der Waals surface area contributed by atoms with Gasteiger partial charge in [0.2, 0.25) is 0 Å². The molecular formula is C13H22O2. The summed E-state index contributed by atoms with van der Waals surface area (Å²) in [5.41, 5.74) is 0. The topological polar surface area (TPSA) is 18.5 Å². The van der Waals surface area contributed by atoms with Crippen LogP contribution in [-0.4, -0.2) is 19.0 Å². The van der Waals surface area contributed by atoms with Crippen LogP contribution in [-0.2, 0) is 9.47 Å². The van der Waals surface area contributed by atoms with Crippen molar-refractivity contribution in [2.75, 3.05) is 13.2 Å². The van der Waals surface area contributed by atoms with Crippen LogP contribution >= 0.6 is 0 Å². The molecule has 15 heavy (non-hydrogen) atoms. The normalized spacial score (nSPS) is 32.9. The molecule has 1 saturated carbocycles. The van der Waals surface area contributed by atoms with E-state index in [-0.39, 0.29) is 5.79 Å². The molecule has 0 N–H and O–H groups in total. The summed E-state index contributed by atoms with van der Waals surface area (Å²) in [5.74, 6) is 0.752. The van der Waals surface area contributed by atoms with E-state index in [0.717, 1.165) is 19.6 Å². The molecule has 1 fully saturated rings. The molecule has 0 aliphatic heterocycles. The van der Waals surface area contributed by atoms with Crippen LogP contribution in [0.25, 0.3) is 0 Å². The minimum absolute atomic E-state index is 0.295. The largest absolute Gasteiger partial charge is 0.349 e. The number of allylic oxidation sites excluding steroid dienone is 1. The van der Waals surface area contributed by atoms with Crippen LogP contribution in [0.2, 0.25) is 0 Å². The zero-order valence-electron chi connectivity index (χ0n) is 9.87. The first-order valence-corrected chi connectivity index (χ1v) is 6.28. The third kappa shape index (κ3) is 1.85. The molecule has 2 nitrogen and oxygen atoms in total. The molecule has 2 atom stereocenters. The summed E-state index contributed by atoms with van der Waals surface area (Å²) < 4.78 is 12.0. The van der Waals surface area contributed by atoms with Crippen molar-refractivity contribution in [3.8, 4) is 0 Å². The van der Waals surface area contributed by atoms with Gasteiger partial charge in [-0.1, -0.05) is 18.6 Å². The molecule has 0 aromatic heterocycles. The summed E-state index contributed by atoms with van der Waals surface area (Å²) in [6, 6.07) is 0. The van der Waals surface area contributed by atoms with Crippen molar-refractivity contribution in [1.29, 1.82) is 0 Å². The van der Waals surface area contributed by atoms with E-state index in [1.54, 1.807) is 0 Å². The summed E-state index contributed by atoms with van der Waals surface area (Å²) in [5, 5.41) is 0. The molecule has 86 valence electrons. The van der Waals surface area contributed by atoms with Gasteiger partial charge in [0, 0.05) is 25.0 Å². The summed E-state index contributed by atoms with van der Waals surface area (Å²) in [7, 11) is 0. The highest BCUT2D eigenvalue weighted by molar-refractivity contribution is 5.08. The van der Waals surface area contributed by atoms with Gasteiger partial charge in [0.05, 0.1) is 0 Å². The van der Waals surface area contributed by atoms with Crippen molar-refractivity contribution in [3.63, 3.8) is 0 Å². The van der Waals surface area contributed by atoms with Gasteiger partial charge in [-0.2, -0.15) is 0 Å². The lowest BCUT2D eigenvalue weighted by Gasteiger charge is -2.49. The Bertz CT molecular complexity index is 229. The van der Waals surface area contributed by atoms with E-state index in [4.69, 9.17) is 9.47 Å². The van der Waals surface area contributed by atoms with E-state index >= 15 is 0 Å². The molecule has 2 bridgehead atoms. The Balaban J connectivity index is 2.23. The molecule has 0 aromatic rings. The molecule has 2 aliphatic carbocycles. The number of hydrogen-bond donors (Lipinski definition) is 0. The van der Waals surface area contributed by atoms with Crippen LogP contribution < -0.4 is 0 Å². The smallest absolute Gasteiger partial charge is 0.177 e. The van der Waals surface area contributed by atoms with Crippen LogP contribution in [0.5, 0.6) is 0 Å². The Morgan fingerprint density at radius 3 is 2.53 bits per heavy atom. The summed E-state index contributed by atoms with van der Waals surface area (Å²) in [6.45, 7) is 5.63. The van der Waals surface area contributed by atoms with E-state index in [1.807, 2.05) is 0 Å². The van der Waals surface area contributed by atoms with Crippen molar-refractivity contribution >= 4 is 0 Å². The fourth-order valence-electron chi connectivity index (χ4n) is 3.15. The van der Waals surface area contributed by atoms with E-state index < -0.39 is 0 Å². The zero-order chi connectivity index (χ0) is 10.7. The highest BCUT2D eigenvalue weighted by Crippen LogP contribution is 2.47. The lowest BCUT2D eigenvalue weighted by Crippen LogP contribution is -2.53. The predicted molar refractivity (Wildman–Crippen MR) is 60.6 cm³/mol. The van der Waals surface area contributed by atoms with Crippen LogP contribution in [0.3, 0.4) is 0 Å². The predicted octanol–water partition coefficient (Wildman–Crippen LogP) is 3.13. The Morgan fingerprint density at radius 2 is 1.93 bits per heavy atom. The molecule has 2 aliphatic rings. The minimum Gasteiger partial charge on any atom is -0.349 e. The molecule has 2 unspecified atom stereocenters. The van der Waals surface area contributed by atoms with E-state index in [9.17, 15) is 0 Å². The summed E-state index contributed by atoms with van der Waals surface area (Å²) in [4.78, 5) is 0. The van der Waals surface area contributed by atoms with Gasteiger partial charge in [-0.3, -0.25) is 0 Å². The van der Waals surface area contributed by atoms with Crippen LogP contribution in [0.4, 0.5) is 0 Å². The summed E-state index contributed by atoms with van der Waals surface area (Å²) in [6.07, 6.45) is 9.53. The van der Waals surface area contributed by atoms with Crippen molar-refractivity contribution < 1.29 is 9.47 Å². The van der Waals surface area contributed by atoms with Gasteiger partial charge in [-0.05, 0) is 33.1 Å². The zero-order valence-corrected chi connectivity index (χ0v) is 9.87. The van der Waals surface area contributed by atoms with Gasteiger partial charge >= 0.3 is 0 Å². The van der Waals surface area contributed by atoms with E-state index in [0.29, 0.717) is 11.8 Å². The van der Waals surface area contributed by atoms with Crippen LogP contribution in [0, 0.1) is 11.8 Å². The molecule has 2 rings (SSSR count). The second-order valence-corrected chi connectivity index (χ2v) is 4.49. The molecule has 2 heteroatoms.